The molecule has 1 saturated heterocycles. The first-order valence-electron chi connectivity index (χ1n) is 7.37. The van der Waals surface area contributed by atoms with Crippen LogP contribution in [0.15, 0.2) is 37.1 Å². The van der Waals surface area contributed by atoms with Crippen LogP contribution in [0.5, 0.6) is 0 Å². The lowest BCUT2D eigenvalue weighted by Gasteiger charge is -2.26. The van der Waals surface area contributed by atoms with Crippen LogP contribution in [-0.2, 0) is 9.53 Å². The molecule has 0 spiro atoms. The Kier molecular flexibility index (Phi) is 8.65. The third kappa shape index (κ3) is 6.57. The molecule has 1 heterocycles. The molecule has 6 nitrogen and oxygen atoms in total. The van der Waals surface area contributed by atoms with Gasteiger partial charge in [0.1, 0.15) is 11.6 Å². The lowest BCUT2D eigenvalue weighted by molar-refractivity contribution is -0.117. The topological polar surface area (TPSA) is 68.6 Å². The van der Waals surface area contributed by atoms with Crippen molar-refractivity contribution in [2.75, 3.05) is 52.5 Å². The number of rotatable bonds is 9. The summed E-state index contributed by atoms with van der Waals surface area (Å²) in [5, 5.41) is 11.9. The molecule has 0 atom stereocenters. The van der Waals surface area contributed by atoms with Crippen LogP contribution >= 0.6 is 0 Å². The molecule has 1 aliphatic heterocycles. The van der Waals surface area contributed by atoms with E-state index in [2.05, 4.69) is 23.4 Å². The minimum Gasteiger partial charge on any atom is -0.379 e. The standard InChI is InChI=1S/C16H24N4O2/c1-3-6-20(7-4-2)14-15(13-17)16(21)18-5-8-19-9-11-22-12-10-19/h3-4,14H,1-2,5-12H2,(H,18,21)/b15-14-. The number of ether oxygens (including phenoxy) is 1. The first-order chi connectivity index (χ1) is 10.7. The Bertz CT molecular complexity index is 438. The molecule has 1 N–H and O–H groups in total. The van der Waals surface area contributed by atoms with E-state index in [9.17, 15) is 4.79 Å². The number of carbonyl (C=O) groups excluding carboxylic acids is 1. The number of nitrogens with one attached hydrogen (secondary N) is 1. The molecular formula is C16H24N4O2. The zero-order valence-corrected chi connectivity index (χ0v) is 13.0. The fourth-order valence-corrected chi connectivity index (χ4v) is 2.08. The third-order valence-electron chi connectivity index (χ3n) is 3.22. The fourth-order valence-electron chi connectivity index (χ4n) is 2.08. The highest BCUT2D eigenvalue weighted by molar-refractivity contribution is 5.97. The number of nitriles is 1. The molecule has 0 bridgehead atoms. The highest BCUT2D eigenvalue weighted by Gasteiger charge is 2.13. The number of carbonyl (C=O) groups is 1. The van der Waals surface area contributed by atoms with Gasteiger partial charge in [-0.05, 0) is 0 Å². The van der Waals surface area contributed by atoms with Gasteiger partial charge in [0.05, 0.1) is 13.2 Å². The van der Waals surface area contributed by atoms with Gasteiger partial charge >= 0.3 is 0 Å². The quantitative estimate of drug-likeness (QED) is 0.382. The van der Waals surface area contributed by atoms with Crippen LogP contribution in [0.3, 0.4) is 0 Å². The molecule has 0 saturated carbocycles. The van der Waals surface area contributed by atoms with Crippen LogP contribution in [0.25, 0.3) is 0 Å². The predicted molar refractivity (Wildman–Crippen MR) is 85.9 cm³/mol. The Morgan fingerprint density at radius 3 is 2.50 bits per heavy atom. The molecule has 0 radical (unpaired) electrons. The SMILES string of the molecule is C=CCN(/C=C(/C#N)C(=O)NCCN1CCOCC1)CC=C. The lowest BCUT2D eigenvalue weighted by atomic mass is 10.2. The highest BCUT2D eigenvalue weighted by Crippen LogP contribution is 2.00. The summed E-state index contributed by atoms with van der Waals surface area (Å²) in [4.78, 5) is 16.1. The van der Waals surface area contributed by atoms with Gasteiger partial charge in [-0.1, -0.05) is 12.2 Å². The fraction of sp³-hybridized carbons (Fsp3) is 0.500. The molecule has 1 rings (SSSR count). The van der Waals surface area contributed by atoms with Gasteiger partial charge < -0.3 is 15.0 Å². The maximum absolute atomic E-state index is 12.0. The maximum atomic E-state index is 12.0. The van der Waals surface area contributed by atoms with E-state index in [-0.39, 0.29) is 11.5 Å². The van der Waals surface area contributed by atoms with Crippen molar-refractivity contribution in [1.29, 1.82) is 5.26 Å². The Morgan fingerprint density at radius 1 is 1.32 bits per heavy atom. The molecule has 1 amide bonds. The van der Waals surface area contributed by atoms with E-state index in [4.69, 9.17) is 10.00 Å². The van der Waals surface area contributed by atoms with E-state index in [1.807, 2.05) is 6.07 Å². The van der Waals surface area contributed by atoms with Gasteiger partial charge in [-0.3, -0.25) is 9.69 Å². The Morgan fingerprint density at radius 2 is 1.95 bits per heavy atom. The van der Waals surface area contributed by atoms with Gasteiger partial charge in [0.2, 0.25) is 0 Å². The second kappa shape index (κ2) is 10.6. The molecule has 0 aromatic rings. The molecule has 1 fully saturated rings. The monoisotopic (exact) mass is 304 g/mol. The highest BCUT2D eigenvalue weighted by atomic mass is 16.5. The van der Waals surface area contributed by atoms with Crippen molar-refractivity contribution in [2.45, 2.75) is 0 Å². The molecule has 0 unspecified atom stereocenters. The van der Waals surface area contributed by atoms with Crippen LogP contribution < -0.4 is 5.32 Å². The summed E-state index contributed by atoms with van der Waals surface area (Å²) in [6.07, 6.45) is 4.98. The van der Waals surface area contributed by atoms with Crippen LogP contribution in [0, 0.1) is 11.3 Å². The predicted octanol–water partition coefficient (Wildman–Crippen LogP) is 0.516. The molecule has 6 heteroatoms. The van der Waals surface area contributed by atoms with Gasteiger partial charge in [0.15, 0.2) is 0 Å². The largest absolute Gasteiger partial charge is 0.379 e. The normalized spacial score (nSPS) is 15.7. The van der Waals surface area contributed by atoms with Gasteiger partial charge in [0, 0.05) is 45.5 Å². The molecule has 0 aromatic carbocycles. The van der Waals surface area contributed by atoms with Crippen LogP contribution in [0.4, 0.5) is 0 Å². The number of nitrogens with zero attached hydrogens (tertiary/aromatic N) is 3. The Balaban J connectivity index is 2.46. The van der Waals surface area contributed by atoms with E-state index >= 15 is 0 Å². The van der Waals surface area contributed by atoms with Crippen LogP contribution in [0.1, 0.15) is 0 Å². The zero-order valence-electron chi connectivity index (χ0n) is 13.0. The Hall–Kier alpha value is -2.10. The van der Waals surface area contributed by atoms with Gasteiger partial charge in [-0.15, -0.1) is 13.2 Å². The van der Waals surface area contributed by atoms with Crippen molar-refractivity contribution in [2.24, 2.45) is 0 Å². The number of hydrogen-bond acceptors (Lipinski definition) is 5. The van der Waals surface area contributed by atoms with Gasteiger partial charge in [-0.2, -0.15) is 5.26 Å². The van der Waals surface area contributed by atoms with Crippen molar-refractivity contribution in [3.63, 3.8) is 0 Å². The van der Waals surface area contributed by atoms with Gasteiger partial charge in [0.25, 0.3) is 5.91 Å². The first kappa shape index (κ1) is 18.0. The van der Waals surface area contributed by atoms with Gasteiger partial charge in [-0.25, -0.2) is 0 Å². The number of amides is 1. The van der Waals surface area contributed by atoms with Crippen LogP contribution in [-0.4, -0.2) is 68.2 Å². The maximum Gasteiger partial charge on any atom is 0.263 e. The summed E-state index contributed by atoms with van der Waals surface area (Å²) in [5.41, 5.74) is 0.0886. The van der Waals surface area contributed by atoms with Crippen molar-refractivity contribution in [1.82, 2.24) is 15.1 Å². The van der Waals surface area contributed by atoms with Crippen molar-refractivity contribution < 1.29 is 9.53 Å². The second-order valence-electron chi connectivity index (χ2n) is 4.90. The zero-order chi connectivity index (χ0) is 16.2. The molecule has 120 valence electrons. The summed E-state index contributed by atoms with van der Waals surface area (Å²) in [7, 11) is 0. The first-order valence-corrected chi connectivity index (χ1v) is 7.37. The average Bonchev–Trinajstić information content (AvgIpc) is 2.53. The summed E-state index contributed by atoms with van der Waals surface area (Å²) in [6, 6.07) is 1.94. The molecule has 1 aliphatic rings. The summed E-state index contributed by atoms with van der Waals surface area (Å²) >= 11 is 0. The van der Waals surface area contributed by atoms with Crippen molar-refractivity contribution in [3.8, 4) is 6.07 Å². The molecule has 0 aliphatic carbocycles. The van der Waals surface area contributed by atoms with Crippen molar-refractivity contribution >= 4 is 5.91 Å². The summed E-state index contributed by atoms with van der Waals surface area (Å²) < 4.78 is 5.27. The second-order valence-corrected chi connectivity index (χ2v) is 4.90. The molecule has 22 heavy (non-hydrogen) atoms. The molecular weight excluding hydrogens is 280 g/mol. The minimum absolute atomic E-state index is 0.0886. The van der Waals surface area contributed by atoms with E-state index in [0.717, 1.165) is 32.8 Å². The summed E-state index contributed by atoms with van der Waals surface area (Å²) in [5.74, 6) is -0.353. The van der Waals surface area contributed by atoms with E-state index in [1.54, 1.807) is 23.3 Å². The van der Waals surface area contributed by atoms with E-state index in [1.165, 1.54) is 0 Å². The number of morpholine rings is 1. The van der Waals surface area contributed by atoms with E-state index < -0.39 is 0 Å². The third-order valence-corrected chi connectivity index (χ3v) is 3.22. The minimum atomic E-state index is -0.353. The average molecular weight is 304 g/mol. The van der Waals surface area contributed by atoms with Crippen molar-refractivity contribution in [3.05, 3.63) is 37.1 Å². The van der Waals surface area contributed by atoms with Crippen LogP contribution in [0.2, 0.25) is 0 Å². The smallest absolute Gasteiger partial charge is 0.263 e. The number of hydrogen-bond donors (Lipinski definition) is 1. The van der Waals surface area contributed by atoms with E-state index in [0.29, 0.717) is 19.6 Å². The lowest BCUT2D eigenvalue weighted by Crippen LogP contribution is -2.41. The summed E-state index contributed by atoms with van der Waals surface area (Å²) in [6.45, 7) is 12.9. The molecule has 0 aromatic heterocycles. The Labute approximate surface area is 132 Å².